The van der Waals surface area contributed by atoms with Gasteiger partial charge in [-0.15, -0.1) is 0 Å². The highest BCUT2D eigenvalue weighted by atomic mass is 19.1. The summed E-state index contributed by atoms with van der Waals surface area (Å²) in [4.78, 5) is 10.9. The summed E-state index contributed by atoms with van der Waals surface area (Å²) in [5.74, 6) is 1.10. The maximum absolute atomic E-state index is 14.0. The van der Waals surface area contributed by atoms with Crippen LogP contribution in [0.5, 0.6) is 0 Å². The summed E-state index contributed by atoms with van der Waals surface area (Å²) in [6.07, 6.45) is 1.40. The fraction of sp³-hybridized carbons (Fsp3) is 0.550. The van der Waals surface area contributed by atoms with E-state index in [1.165, 1.54) is 12.1 Å². The highest BCUT2D eigenvalue weighted by molar-refractivity contribution is 5.80. The van der Waals surface area contributed by atoms with Gasteiger partial charge in [0.1, 0.15) is 11.6 Å². The van der Waals surface area contributed by atoms with Crippen molar-refractivity contribution in [3.8, 4) is 0 Å². The van der Waals surface area contributed by atoms with Gasteiger partial charge in [0.2, 0.25) is 5.89 Å². The first kappa shape index (κ1) is 21.0. The first-order valence-electron chi connectivity index (χ1n) is 10.0. The summed E-state index contributed by atoms with van der Waals surface area (Å²) >= 11 is 0. The van der Waals surface area contributed by atoms with Gasteiger partial charge in [0.15, 0.2) is 11.8 Å². The lowest BCUT2D eigenvalue weighted by Gasteiger charge is -2.21. The molecule has 0 amide bonds. The van der Waals surface area contributed by atoms with Gasteiger partial charge < -0.3 is 20.1 Å². The molecule has 1 atom stereocenters. The van der Waals surface area contributed by atoms with Crippen molar-refractivity contribution in [2.75, 3.05) is 31.1 Å². The number of rotatable bonds is 7. The van der Waals surface area contributed by atoms with Gasteiger partial charge in [0.05, 0.1) is 12.2 Å². The van der Waals surface area contributed by atoms with Crippen LogP contribution in [-0.2, 0) is 6.42 Å². The smallest absolute Gasteiger partial charge is 0.228 e. The first-order valence-corrected chi connectivity index (χ1v) is 10.0. The Balaban J connectivity index is 1.55. The Kier molecular flexibility index (Phi) is 7.00. The largest absolute Gasteiger partial charge is 0.367 e. The topological polar surface area (TPSA) is 78.6 Å². The standard InChI is InChI=1S/C20H28F2N6O/c1-4-23-20(24-9-7-18-26-19(13(2)3)27-29-18)25-15-8-10-28(12-15)17-6-5-14(21)11-16(17)22/h5-6,11,13,15H,4,7-10,12H2,1-3H3,(H2,23,24,25). The predicted octanol–water partition coefficient (Wildman–Crippen LogP) is 2.85. The molecule has 2 N–H and O–H groups in total. The van der Waals surface area contributed by atoms with E-state index in [2.05, 4.69) is 25.8 Å². The van der Waals surface area contributed by atoms with Crippen molar-refractivity contribution in [2.45, 2.75) is 45.6 Å². The average molecular weight is 406 g/mol. The monoisotopic (exact) mass is 406 g/mol. The number of aliphatic imine (C=N–C) groups is 1. The molecule has 0 radical (unpaired) electrons. The zero-order chi connectivity index (χ0) is 20.8. The van der Waals surface area contributed by atoms with Crippen LogP contribution in [0.3, 0.4) is 0 Å². The number of hydrogen-bond acceptors (Lipinski definition) is 5. The van der Waals surface area contributed by atoms with Gasteiger partial charge in [0, 0.05) is 44.1 Å². The Labute approximate surface area is 169 Å². The van der Waals surface area contributed by atoms with Crippen molar-refractivity contribution < 1.29 is 13.3 Å². The molecule has 1 aromatic heterocycles. The lowest BCUT2D eigenvalue weighted by Crippen LogP contribution is -2.44. The van der Waals surface area contributed by atoms with Gasteiger partial charge >= 0.3 is 0 Å². The Morgan fingerprint density at radius 3 is 2.90 bits per heavy atom. The molecule has 2 aromatic rings. The van der Waals surface area contributed by atoms with E-state index in [0.717, 1.165) is 19.0 Å². The Hall–Kier alpha value is -2.71. The summed E-state index contributed by atoms with van der Waals surface area (Å²) in [5.41, 5.74) is 0.426. The molecular formula is C20H28F2N6O. The minimum atomic E-state index is -0.566. The number of aromatic nitrogens is 2. The minimum absolute atomic E-state index is 0.119. The van der Waals surface area contributed by atoms with Crippen molar-refractivity contribution in [2.24, 2.45) is 4.99 Å². The van der Waals surface area contributed by atoms with E-state index >= 15 is 0 Å². The van der Waals surface area contributed by atoms with Crippen molar-refractivity contribution in [1.82, 2.24) is 20.8 Å². The third-order valence-corrected chi connectivity index (χ3v) is 4.72. The molecular weight excluding hydrogens is 378 g/mol. The van der Waals surface area contributed by atoms with Crippen LogP contribution in [0, 0.1) is 11.6 Å². The van der Waals surface area contributed by atoms with E-state index in [1.54, 1.807) is 0 Å². The van der Waals surface area contributed by atoms with Gasteiger partial charge in [-0.05, 0) is 25.5 Å². The molecule has 0 spiro atoms. The van der Waals surface area contributed by atoms with E-state index in [1.807, 2.05) is 25.7 Å². The van der Waals surface area contributed by atoms with Gasteiger partial charge in [-0.25, -0.2) is 8.78 Å². The number of nitrogens with zero attached hydrogens (tertiary/aromatic N) is 4. The molecule has 1 fully saturated rings. The SMILES string of the molecule is CCNC(=NCCc1nc(C(C)C)no1)NC1CCN(c2ccc(F)cc2F)C1. The van der Waals surface area contributed by atoms with Crippen LogP contribution in [0.2, 0.25) is 0 Å². The molecule has 1 saturated heterocycles. The van der Waals surface area contributed by atoms with Crippen LogP contribution < -0.4 is 15.5 Å². The number of benzene rings is 1. The molecule has 3 rings (SSSR count). The molecule has 1 aliphatic heterocycles. The number of anilines is 1. The second-order valence-electron chi connectivity index (χ2n) is 7.38. The molecule has 1 aliphatic rings. The van der Waals surface area contributed by atoms with Gasteiger partial charge in [-0.1, -0.05) is 19.0 Å². The Morgan fingerprint density at radius 2 is 2.21 bits per heavy atom. The van der Waals surface area contributed by atoms with Crippen molar-refractivity contribution in [1.29, 1.82) is 0 Å². The molecule has 1 unspecified atom stereocenters. The molecule has 0 saturated carbocycles. The summed E-state index contributed by atoms with van der Waals surface area (Å²) < 4.78 is 32.4. The summed E-state index contributed by atoms with van der Waals surface area (Å²) in [6.45, 7) is 8.59. The molecule has 1 aromatic carbocycles. The third kappa shape index (κ3) is 5.65. The normalized spacial score (nSPS) is 17.2. The average Bonchev–Trinajstić information content (AvgIpc) is 3.32. The van der Waals surface area contributed by atoms with E-state index < -0.39 is 11.6 Å². The maximum atomic E-state index is 14.0. The second-order valence-corrected chi connectivity index (χ2v) is 7.38. The van der Waals surface area contributed by atoms with Gasteiger partial charge in [-0.3, -0.25) is 4.99 Å². The van der Waals surface area contributed by atoms with E-state index in [0.29, 0.717) is 49.4 Å². The quantitative estimate of drug-likeness (QED) is 0.544. The lowest BCUT2D eigenvalue weighted by molar-refractivity contribution is 0.372. The zero-order valence-electron chi connectivity index (χ0n) is 17.1. The van der Waals surface area contributed by atoms with E-state index in [-0.39, 0.29) is 12.0 Å². The van der Waals surface area contributed by atoms with Crippen LogP contribution in [0.4, 0.5) is 14.5 Å². The number of hydrogen-bond donors (Lipinski definition) is 2. The fourth-order valence-electron chi connectivity index (χ4n) is 3.22. The van der Waals surface area contributed by atoms with Crippen LogP contribution in [0.1, 0.15) is 44.8 Å². The summed E-state index contributed by atoms with van der Waals surface area (Å²) in [7, 11) is 0. The van der Waals surface area contributed by atoms with Gasteiger partial charge in [-0.2, -0.15) is 4.98 Å². The van der Waals surface area contributed by atoms with Crippen LogP contribution >= 0.6 is 0 Å². The summed E-state index contributed by atoms with van der Waals surface area (Å²) in [6, 6.07) is 3.81. The Morgan fingerprint density at radius 1 is 1.38 bits per heavy atom. The second kappa shape index (κ2) is 9.67. The highest BCUT2D eigenvalue weighted by Gasteiger charge is 2.25. The van der Waals surface area contributed by atoms with Crippen LogP contribution in [-0.4, -0.2) is 48.3 Å². The molecule has 0 aliphatic carbocycles. The Bertz CT molecular complexity index is 838. The molecule has 7 nitrogen and oxygen atoms in total. The number of guanidine groups is 1. The number of halogens is 2. The van der Waals surface area contributed by atoms with Crippen molar-refractivity contribution >= 4 is 11.6 Å². The van der Waals surface area contributed by atoms with E-state index in [4.69, 9.17) is 4.52 Å². The third-order valence-electron chi connectivity index (χ3n) is 4.72. The highest BCUT2D eigenvalue weighted by Crippen LogP contribution is 2.24. The minimum Gasteiger partial charge on any atom is -0.367 e. The molecule has 29 heavy (non-hydrogen) atoms. The number of nitrogens with one attached hydrogen (secondary N) is 2. The molecule has 2 heterocycles. The molecule has 9 heteroatoms. The summed E-state index contributed by atoms with van der Waals surface area (Å²) in [5, 5.41) is 10.6. The molecule has 158 valence electrons. The van der Waals surface area contributed by atoms with Crippen LogP contribution in [0.15, 0.2) is 27.7 Å². The van der Waals surface area contributed by atoms with Gasteiger partial charge in [0.25, 0.3) is 0 Å². The van der Waals surface area contributed by atoms with Crippen LogP contribution in [0.25, 0.3) is 0 Å². The lowest BCUT2D eigenvalue weighted by atomic mass is 10.2. The van der Waals surface area contributed by atoms with E-state index in [9.17, 15) is 8.78 Å². The first-order chi connectivity index (χ1) is 14.0. The molecule has 0 bridgehead atoms. The zero-order valence-corrected chi connectivity index (χ0v) is 17.1. The maximum Gasteiger partial charge on any atom is 0.228 e. The predicted molar refractivity (Wildman–Crippen MR) is 108 cm³/mol. The fourth-order valence-corrected chi connectivity index (χ4v) is 3.22. The van der Waals surface area contributed by atoms with Crippen molar-refractivity contribution in [3.05, 3.63) is 41.5 Å². The van der Waals surface area contributed by atoms with Crippen molar-refractivity contribution in [3.63, 3.8) is 0 Å².